The van der Waals surface area contributed by atoms with Gasteiger partial charge in [-0.25, -0.2) is 24.3 Å². The number of benzene rings is 4. The van der Waals surface area contributed by atoms with Crippen LogP contribution in [0.4, 0.5) is 0 Å². The van der Waals surface area contributed by atoms with Crippen LogP contribution in [0, 0.1) is 38.1 Å². The standard InChI is InChI=1S/2C14H11.2C6H10.2C5H5.2ClH.2Zr/c2*1-10-5-4-7-12-9-11-6-2-3-8-13(11)14(10)12;2*1-2-4-6-5-3-1;2*1-2-4-5-3-1;;;;/h2*2-6,8H,9H2,1H3;2*1-5H2;2*1-3H,4H2;2*1H;;/q2*-1;;;2*-1;;;2*+2/p-2. The topological polar surface area (TPSA) is 0 Å². The van der Waals surface area contributed by atoms with Crippen molar-refractivity contribution in [3.63, 3.8) is 0 Å². The average Bonchev–Trinajstić information content (AvgIpc) is 4.01. The van der Waals surface area contributed by atoms with Gasteiger partial charge in [0.15, 0.2) is 0 Å². The molecule has 2 fully saturated rings. The first kappa shape index (κ1) is 46.3. The van der Waals surface area contributed by atoms with E-state index in [2.05, 4.69) is 111 Å². The summed E-state index contributed by atoms with van der Waals surface area (Å²) in [5.74, 6) is 0. The van der Waals surface area contributed by atoms with Crippen LogP contribution < -0.4 is 24.8 Å². The van der Waals surface area contributed by atoms with Crippen molar-refractivity contribution in [2.75, 3.05) is 0 Å². The minimum atomic E-state index is 0. The molecule has 2 saturated carbocycles. The molecule has 10 rings (SSSR count). The Kier molecular flexibility index (Phi) is 22.3. The summed E-state index contributed by atoms with van der Waals surface area (Å²) >= 11 is 3.38. The van der Waals surface area contributed by atoms with Crippen LogP contribution in [0.3, 0.4) is 0 Å². The molecule has 0 nitrogen and oxygen atoms in total. The molecule has 4 heteroatoms. The summed E-state index contributed by atoms with van der Waals surface area (Å²) in [6.45, 7) is 4.35. The van der Waals surface area contributed by atoms with Gasteiger partial charge in [-0.2, -0.15) is 59.7 Å². The van der Waals surface area contributed by atoms with E-state index in [0.717, 1.165) is 25.7 Å². The Bertz CT molecular complexity index is 1740. The second-order valence-corrected chi connectivity index (χ2v) is 17.5. The number of aryl methyl sites for hydroxylation is 2. The summed E-state index contributed by atoms with van der Waals surface area (Å²) in [5, 5.41) is 0. The Morgan fingerprint density at radius 1 is 0.500 bits per heavy atom. The minimum absolute atomic E-state index is 0. The summed E-state index contributed by atoms with van der Waals surface area (Å²) in [6, 6.07) is 32.3. The van der Waals surface area contributed by atoms with Crippen molar-refractivity contribution < 1.29 is 73.3 Å². The zero-order valence-electron chi connectivity index (χ0n) is 32.0. The summed E-state index contributed by atoms with van der Waals surface area (Å²) < 4.78 is 3.61. The van der Waals surface area contributed by atoms with Gasteiger partial charge in [-0.3, -0.25) is 12.2 Å². The molecule has 54 heavy (non-hydrogen) atoms. The van der Waals surface area contributed by atoms with Crippen molar-refractivity contribution >= 4 is 6.41 Å². The average molecular weight is 906 g/mol. The van der Waals surface area contributed by atoms with Crippen molar-refractivity contribution in [2.24, 2.45) is 0 Å². The van der Waals surface area contributed by atoms with Gasteiger partial charge in [-0.15, -0.1) is 35.1 Å². The van der Waals surface area contributed by atoms with Crippen molar-refractivity contribution in [1.82, 2.24) is 0 Å². The molecule has 276 valence electrons. The fourth-order valence-corrected chi connectivity index (χ4v) is 8.94. The summed E-state index contributed by atoms with van der Waals surface area (Å²) in [7, 11) is 0. The summed E-state index contributed by atoms with van der Waals surface area (Å²) in [6.07, 6.45) is 36.7. The molecular formula is C50H52Cl2Zr2-2. The molecule has 4 aromatic carbocycles. The first-order chi connectivity index (χ1) is 25.5. The fraction of sp³-hybridized carbons (Fsp3) is 0.320. The molecule has 0 unspecified atom stereocenters. The molecule has 0 atom stereocenters. The third-order valence-electron chi connectivity index (χ3n) is 9.97. The number of hydrogen-bond donors (Lipinski definition) is 0. The number of allylic oxidation sites excluding steroid dienone is 8. The van der Waals surface area contributed by atoms with Crippen LogP contribution in [-0.2, 0) is 61.3 Å². The van der Waals surface area contributed by atoms with E-state index in [1.807, 2.05) is 36.4 Å². The maximum absolute atomic E-state index is 3.34. The van der Waals surface area contributed by atoms with Gasteiger partial charge in [0.25, 0.3) is 0 Å². The number of hydrogen-bond acceptors (Lipinski definition) is 0. The van der Waals surface area contributed by atoms with Crippen molar-refractivity contribution in [1.29, 1.82) is 0 Å². The SMILES string of the molecule is Cc1cc[c-]c2c1-c1ccccc1C2.Cc1cc[c-]c2c1-c1ccccc1C2.[C-]1=CC=CC1.[C-]1=CC=CC1.[Cl-].[Cl-].[Zr+2]=[C]1CCCCC1.[Zr+2]=[C]1CCCCC1. The van der Waals surface area contributed by atoms with Crippen LogP contribution in [0.15, 0.2) is 109 Å². The molecule has 0 bridgehead atoms. The zero-order chi connectivity index (χ0) is 36.4. The van der Waals surface area contributed by atoms with Gasteiger partial charge in [0, 0.05) is 0 Å². The van der Waals surface area contributed by atoms with Crippen molar-refractivity contribution in [3.05, 3.63) is 167 Å². The van der Waals surface area contributed by atoms with E-state index in [9.17, 15) is 0 Å². The van der Waals surface area contributed by atoms with Gasteiger partial charge < -0.3 is 24.8 Å². The monoisotopic (exact) mass is 902 g/mol. The molecular weight excluding hydrogens is 854 g/mol. The van der Waals surface area contributed by atoms with Crippen LogP contribution in [-0.4, -0.2) is 6.41 Å². The third kappa shape index (κ3) is 14.8. The van der Waals surface area contributed by atoms with Crippen molar-refractivity contribution in [2.45, 2.75) is 104 Å². The second kappa shape index (κ2) is 26.0. The molecule has 0 radical (unpaired) electrons. The van der Waals surface area contributed by atoms with Gasteiger partial charge in [-0.05, 0) is 12.8 Å². The van der Waals surface area contributed by atoms with E-state index in [1.54, 1.807) is 54.9 Å². The number of rotatable bonds is 0. The molecule has 4 aromatic rings. The van der Waals surface area contributed by atoms with E-state index >= 15 is 0 Å². The van der Waals surface area contributed by atoms with Gasteiger partial charge in [0.1, 0.15) is 0 Å². The molecule has 0 aliphatic heterocycles. The zero-order valence-corrected chi connectivity index (χ0v) is 38.5. The van der Waals surface area contributed by atoms with Gasteiger partial charge in [0.2, 0.25) is 0 Å². The third-order valence-corrected chi connectivity index (χ3v) is 12.4. The van der Waals surface area contributed by atoms with Crippen LogP contribution in [0.2, 0.25) is 0 Å². The van der Waals surface area contributed by atoms with E-state index in [-0.39, 0.29) is 24.8 Å². The predicted octanol–water partition coefficient (Wildman–Crippen LogP) is 6.69. The van der Waals surface area contributed by atoms with Crippen LogP contribution in [0.5, 0.6) is 0 Å². The first-order valence-corrected chi connectivity index (χ1v) is 21.7. The Morgan fingerprint density at radius 2 is 0.889 bits per heavy atom. The molecule has 0 saturated heterocycles. The molecule has 6 aliphatic rings. The molecule has 0 N–H and O–H groups in total. The van der Waals surface area contributed by atoms with Crippen LogP contribution >= 0.6 is 0 Å². The van der Waals surface area contributed by atoms with Gasteiger partial charge >= 0.3 is 119 Å². The van der Waals surface area contributed by atoms with Crippen LogP contribution in [0.25, 0.3) is 22.3 Å². The van der Waals surface area contributed by atoms with Gasteiger partial charge in [-0.1, -0.05) is 84.6 Å². The fourth-order valence-electron chi connectivity index (χ4n) is 7.21. The van der Waals surface area contributed by atoms with E-state index in [4.69, 9.17) is 0 Å². The predicted molar refractivity (Wildman–Crippen MR) is 216 cm³/mol. The summed E-state index contributed by atoms with van der Waals surface area (Å²) in [5.41, 5.74) is 13.9. The number of halogens is 2. The van der Waals surface area contributed by atoms with Crippen molar-refractivity contribution in [3.8, 4) is 22.3 Å². The van der Waals surface area contributed by atoms with E-state index in [0.29, 0.717) is 0 Å². The molecule has 6 aliphatic carbocycles. The summed E-state index contributed by atoms with van der Waals surface area (Å²) in [4.78, 5) is 0. The normalized spacial score (nSPS) is 15.6. The molecule has 0 amide bonds. The Hall–Kier alpha value is -2.07. The van der Waals surface area contributed by atoms with E-state index in [1.165, 1.54) is 120 Å². The molecule has 0 heterocycles. The van der Waals surface area contributed by atoms with Gasteiger partial charge in [0.05, 0.1) is 0 Å². The molecule has 0 spiro atoms. The Morgan fingerprint density at radius 3 is 1.19 bits per heavy atom. The quantitative estimate of drug-likeness (QED) is 0.149. The Balaban J connectivity index is 0.000000182. The maximum atomic E-state index is 3.34. The molecule has 0 aromatic heterocycles. The second-order valence-electron chi connectivity index (χ2n) is 14.0. The van der Waals surface area contributed by atoms with Crippen LogP contribution in [0.1, 0.15) is 110 Å². The van der Waals surface area contributed by atoms with E-state index < -0.39 is 0 Å². The number of fused-ring (bicyclic) bond motifs is 6. The first-order valence-electron chi connectivity index (χ1n) is 19.2. The Labute approximate surface area is 369 Å².